The largest absolute Gasteiger partial charge is 0.493 e. The Balaban J connectivity index is 2.21. The number of para-hydroxylation sites is 1. The molecule has 112 valence electrons. The first-order valence-electron chi connectivity index (χ1n) is 6.88. The molecule has 5 nitrogen and oxygen atoms in total. The van der Waals surface area contributed by atoms with Gasteiger partial charge in [-0.15, -0.1) is 0 Å². The maximum atomic E-state index is 11.4. The molecule has 0 fully saturated rings. The van der Waals surface area contributed by atoms with E-state index in [9.17, 15) is 4.79 Å². The van der Waals surface area contributed by atoms with Crippen molar-refractivity contribution in [2.45, 2.75) is 33.2 Å². The average molecular weight is 280 g/mol. The maximum Gasteiger partial charge on any atom is 0.315 e. The number of aryl methyl sites for hydroxylation is 2. The summed E-state index contributed by atoms with van der Waals surface area (Å²) in [7, 11) is 0. The molecule has 0 aromatic heterocycles. The van der Waals surface area contributed by atoms with Gasteiger partial charge in [0.25, 0.3) is 0 Å². The van der Waals surface area contributed by atoms with Gasteiger partial charge in [0.1, 0.15) is 5.75 Å². The normalized spacial score (nSPS) is 11.8. The van der Waals surface area contributed by atoms with E-state index in [0.29, 0.717) is 13.2 Å². The second-order valence-electron chi connectivity index (χ2n) is 4.91. The van der Waals surface area contributed by atoms with Crippen LogP contribution in [0.1, 0.15) is 24.5 Å². The summed E-state index contributed by atoms with van der Waals surface area (Å²) in [5.41, 5.74) is 2.24. The minimum atomic E-state index is -0.265. The highest BCUT2D eigenvalue weighted by Gasteiger charge is 2.05. The van der Waals surface area contributed by atoms with Crippen LogP contribution in [0.15, 0.2) is 18.2 Å². The van der Waals surface area contributed by atoms with Crippen molar-refractivity contribution < 1.29 is 14.6 Å². The first-order valence-corrected chi connectivity index (χ1v) is 6.88. The Bertz CT molecular complexity index is 415. The lowest BCUT2D eigenvalue weighted by molar-refractivity contribution is 0.219. The molecule has 1 rings (SSSR count). The number of benzene rings is 1. The van der Waals surface area contributed by atoms with Crippen LogP contribution in [0, 0.1) is 13.8 Å². The minimum absolute atomic E-state index is 0.0664. The number of carbonyl (C=O) groups excluding carboxylic acids is 1. The lowest BCUT2D eigenvalue weighted by atomic mass is 10.1. The Morgan fingerprint density at radius 2 is 2.00 bits per heavy atom. The summed E-state index contributed by atoms with van der Waals surface area (Å²) in [4.78, 5) is 11.4. The fourth-order valence-electron chi connectivity index (χ4n) is 1.80. The molecule has 1 aromatic rings. The molecular weight excluding hydrogens is 256 g/mol. The third-order valence-corrected chi connectivity index (χ3v) is 2.91. The number of hydrogen-bond acceptors (Lipinski definition) is 3. The van der Waals surface area contributed by atoms with Crippen LogP contribution in [0.3, 0.4) is 0 Å². The molecule has 0 bridgehead atoms. The molecule has 5 heteroatoms. The van der Waals surface area contributed by atoms with E-state index in [-0.39, 0.29) is 18.7 Å². The Hall–Kier alpha value is -1.75. The van der Waals surface area contributed by atoms with Crippen molar-refractivity contribution in [1.82, 2.24) is 10.6 Å². The van der Waals surface area contributed by atoms with Gasteiger partial charge in [0.15, 0.2) is 0 Å². The van der Waals surface area contributed by atoms with E-state index >= 15 is 0 Å². The molecule has 1 aromatic carbocycles. The molecule has 0 aliphatic carbocycles. The molecule has 1 atom stereocenters. The zero-order valence-corrected chi connectivity index (χ0v) is 12.4. The molecule has 0 heterocycles. The van der Waals surface area contributed by atoms with Crippen LogP contribution >= 0.6 is 0 Å². The summed E-state index contributed by atoms with van der Waals surface area (Å²) in [6.07, 6.45) is 0.731. The van der Waals surface area contributed by atoms with Crippen LogP contribution in [0.5, 0.6) is 5.75 Å². The van der Waals surface area contributed by atoms with Gasteiger partial charge in [0.05, 0.1) is 19.3 Å². The molecule has 0 saturated heterocycles. The predicted octanol–water partition coefficient (Wildman–Crippen LogP) is 1.75. The lowest BCUT2D eigenvalue weighted by Crippen LogP contribution is -2.42. The van der Waals surface area contributed by atoms with Gasteiger partial charge in [-0.3, -0.25) is 0 Å². The van der Waals surface area contributed by atoms with Crippen molar-refractivity contribution in [3.8, 4) is 5.75 Å². The third kappa shape index (κ3) is 5.48. The van der Waals surface area contributed by atoms with Crippen LogP contribution in [-0.2, 0) is 0 Å². The van der Waals surface area contributed by atoms with E-state index in [2.05, 4.69) is 10.6 Å². The van der Waals surface area contributed by atoms with Crippen molar-refractivity contribution in [2.75, 3.05) is 19.8 Å². The van der Waals surface area contributed by atoms with Crippen molar-refractivity contribution in [1.29, 1.82) is 0 Å². The molecule has 20 heavy (non-hydrogen) atoms. The van der Waals surface area contributed by atoms with Crippen LogP contribution in [-0.4, -0.2) is 36.9 Å². The monoisotopic (exact) mass is 280 g/mol. The smallest absolute Gasteiger partial charge is 0.315 e. The number of nitrogens with one attached hydrogen (secondary N) is 2. The van der Waals surface area contributed by atoms with Gasteiger partial charge in [-0.1, -0.05) is 18.2 Å². The Kier molecular flexibility index (Phi) is 6.87. The Labute approximate surface area is 120 Å². The van der Waals surface area contributed by atoms with Crippen molar-refractivity contribution in [3.05, 3.63) is 29.3 Å². The summed E-state index contributed by atoms with van der Waals surface area (Å²) in [5.74, 6) is 0.922. The first kappa shape index (κ1) is 16.3. The summed E-state index contributed by atoms with van der Waals surface area (Å²) >= 11 is 0. The zero-order valence-electron chi connectivity index (χ0n) is 12.4. The highest BCUT2D eigenvalue weighted by Crippen LogP contribution is 2.22. The van der Waals surface area contributed by atoms with E-state index < -0.39 is 0 Å². The summed E-state index contributed by atoms with van der Waals surface area (Å²) in [6, 6.07) is 5.54. The number of carbonyl (C=O) groups is 1. The van der Waals surface area contributed by atoms with Gasteiger partial charge < -0.3 is 20.5 Å². The molecule has 1 unspecified atom stereocenters. The third-order valence-electron chi connectivity index (χ3n) is 2.91. The number of urea groups is 1. The van der Waals surface area contributed by atoms with Gasteiger partial charge in [-0.25, -0.2) is 4.79 Å². The molecule has 3 N–H and O–H groups in total. The van der Waals surface area contributed by atoms with E-state index in [4.69, 9.17) is 9.84 Å². The highest BCUT2D eigenvalue weighted by atomic mass is 16.5. The van der Waals surface area contributed by atoms with Crippen LogP contribution in [0.2, 0.25) is 0 Å². The maximum absolute atomic E-state index is 11.4. The second kappa shape index (κ2) is 8.43. The molecule has 2 amide bonds. The number of aliphatic hydroxyl groups is 1. The molecule has 0 aliphatic heterocycles. The van der Waals surface area contributed by atoms with E-state index in [0.717, 1.165) is 23.3 Å². The van der Waals surface area contributed by atoms with Gasteiger partial charge >= 0.3 is 6.03 Å². The fraction of sp³-hybridized carbons (Fsp3) is 0.533. The average Bonchev–Trinajstić information content (AvgIpc) is 2.41. The quantitative estimate of drug-likeness (QED) is 0.666. The van der Waals surface area contributed by atoms with Crippen LogP contribution in [0.25, 0.3) is 0 Å². The highest BCUT2D eigenvalue weighted by molar-refractivity contribution is 5.74. The van der Waals surface area contributed by atoms with Gasteiger partial charge in [0, 0.05) is 6.54 Å². The number of aliphatic hydroxyl groups excluding tert-OH is 1. The van der Waals surface area contributed by atoms with Gasteiger partial charge in [-0.05, 0) is 38.3 Å². The minimum Gasteiger partial charge on any atom is -0.493 e. The molecule has 0 saturated carbocycles. The topological polar surface area (TPSA) is 70.6 Å². The fourth-order valence-corrected chi connectivity index (χ4v) is 1.80. The Morgan fingerprint density at radius 1 is 1.35 bits per heavy atom. The summed E-state index contributed by atoms with van der Waals surface area (Å²) < 4.78 is 5.74. The number of hydrogen-bond donors (Lipinski definition) is 3. The zero-order chi connectivity index (χ0) is 15.0. The van der Waals surface area contributed by atoms with Crippen molar-refractivity contribution in [3.63, 3.8) is 0 Å². The molecule has 0 spiro atoms. The van der Waals surface area contributed by atoms with Crippen molar-refractivity contribution >= 4 is 6.03 Å². The van der Waals surface area contributed by atoms with E-state index in [1.807, 2.05) is 32.0 Å². The SMILES string of the molecule is Cc1cccc(C)c1OCCCNC(=O)NC(C)CO. The van der Waals surface area contributed by atoms with Gasteiger partial charge in [0.2, 0.25) is 0 Å². The molecular formula is C15H24N2O3. The molecule has 0 radical (unpaired) electrons. The predicted molar refractivity (Wildman–Crippen MR) is 79.1 cm³/mol. The molecule has 0 aliphatic rings. The lowest BCUT2D eigenvalue weighted by Gasteiger charge is -2.13. The number of ether oxygens (including phenoxy) is 1. The first-order chi connectivity index (χ1) is 9.54. The summed E-state index contributed by atoms with van der Waals surface area (Å²) in [5, 5.41) is 14.1. The van der Waals surface area contributed by atoms with Gasteiger partial charge in [-0.2, -0.15) is 0 Å². The number of rotatable bonds is 7. The van der Waals surface area contributed by atoms with Crippen LogP contribution in [0.4, 0.5) is 4.79 Å². The van der Waals surface area contributed by atoms with Crippen molar-refractivity contribution in [2.24, 2.45) is 0 Å². The summed E-state index contributed by atoms with van der Waals surface area (Å²) in [6.45, 7) is 6.80. The standard InChI is InChI=1S/C15H24N2O3/c1-11-6-4-7-12(2)14(11)20-9-5-8-16-15(19)17-13(3)10-18/h4,6-7,13,18H,5,8-10H2,1-3H3,(H2,16,17,19). The van der Waals surface area contributed by atoms with E-state index in [1.165, 1.54) is 0 Å². The Morgan fingerprint density at radius 3 is 2.60 bits per heavy atom. The second-order valence-corrected chi connectivity index (χ2v) is 4.91. The number of amides is 2. The van der Waals surface area contributed by atoms with Crippen LogP contribution < -0.4 is 15.4 Å². The van der Waals surface area contributed by atoms with E-state index in [1.54, 1.807) is 6.92 Å².